The third kappa shape index (κ3) is 3.94. The molecule has 6 heteroatoms. The van der Waals surface area contributed by atoms with Crippen LogP contribution in [0.15, 0.2) is 42.5 Å². The van der Waals surface area contributed by atoms with Crippen LogP contribution in [-0.2, 0) is 12.6 Å². The Hall–Kier alpha value is -1.62. The third-order valence-corrected chi connectivity index (χ3v) is 3.37. The standard InChI is InChI=1S/C15H10ClF5/c16-13(7-9-2-1-3-11(17)6-9)10-4-5-14(18)12(8-10)15(19,20)21/h1-6,8,13H,7H2. The fourth-order valence-electron chi connectivity index (χ4n) is 1.94. The smallest absolute Gasteiger partial charge is 0.207 e. The van der Waals surface area contributed by atoms with Crippen molar-refractivity contribution in [2.75, 3.05) is 0 Å². The summed E-state index contributed by atoms with van der Waals surface area (Å²) < 4.78 is 64.2. The topological polar surface area (TPSA) is 0 Å². The predicted octanol–water partition coefficient (Wildman–Crippen LogP) is 5.51. The van der Waals surface area contributed by atoms with E-state index in [1.165, 1.54) is 24.3 Å². The first-order valence-electron chi connectivity index (χ1n) is 6.02. The summed E-state index contributed by atoms with van der Waals surface area (Å²) in [5.74, 6) is -1.80. The maximum Gasteiger partial charge on any atom is 0.419 e. The van der Waals surface area contributed by atoms with Gasteiger partial charge in [0, 0.05) is 0 Å². The van der Waals surface area contributed by atoms with E-state index in [9.17, 15) is 22.0 Å². The van der Waals surface area contributed by atoms with Gasteiger partial charge in [-0.25, -0.2) is 8.78 Å². The van der Waals surface area contributed by atoms with E-state index >= 15 is 0 Å². The van der Waals surface area contributed by atoms with Gasteiger partial charge < -0.3 is 0 Å². The van der Waals surface area contributed by atoms with Crippen molar-refractivity contribution in [2.45, 2.75) is 18.0 Å². The van der Waals surface area contributed by atoms with Crippen molar-refractivity contribution in [1.82, 2.24) is 0 Å². The van der Waals surface area contributed by atoms with Crippen molar-refractivity contribution < 1.29 is 22.0 Å². The lowest BCUT2D eigenvalue weighted by molar-refractivity contribution is -0.140. The third-order valence-electron chi connectivity index (χ3n) is 2.96. The molecule has 2 aromatic carbocycles. The summed E-state index contributed by atoms with van der Waals surface area (Å²) >= 11 is 6.06. The van der Waals surface area contributed by atoms with Crippen molar-refractivity contribution in [3.8, 4) is 0 Å². The maximum absolute atomic E-state index is 13.2. The summed E-state index contributed by atoms with van der Waals surface area (Å²) in [6.45, 7) is 0. The number of rotatable bonds is 3. The minimum Gasteiger partial charge on any atom is -0.207 e. The second-order valence-corrected chi connectivity index (χ2v) is 5.07. The zero-order valence-electron chi connectivity index (χ0n) is 10.6. The van der Waals surface area contributed by atoms with E-state index in [2.05, 4.69) is 0 Å². The highest BCUT2D eigenvalue weighted by molar-refractivity contribution is 6.20. The highest BCUT2D eigenvalue weighted by Gasteiger charge is 2.34. The van der Waals surface area contributed by atoms with Crippen molar-refractivity contribution >= 4 is 11.6 Å². The molecule has 0 aliphatic rings. The highest BCUT2D eigenvalue weighted by atomic mass is 35.5. The Morgan fingerprint density at radius 3 is 2.33 bits per heavy atom. The molecule has 0 aliphatic heterocycles. The lowest BCUT2D eigenvalue weighted by Gasteiger charge is -2.14. The summed E-state index contributed by atoms with van der Waals surface area (Å²) in [7, 11) is 0. The molecule has 2 rings (SSSR count). The average Bonchev–Trinajstić information content (AvgIpc) is 2.37. The first-order chi connectivity index (χ1) is 9.77. The Bertz CT molecular complexity index is 636. The molecule has 0 amide bonds. The molecular weight excluding hydrogens is 311 g/mol. The number of hydrogen-bond donors (Lipinski definition) is 0. The van der Waals surface area contributed by atoms with Crippen LogP contribution in [0.4, 0.5) is 22.0 Å². The molecule has 1 unspecified atom stereocenters. The molecule has 0 saturated heterocycles. The van der Waals surface area contributed by atoms with Crippen LogP contribution >= 0.6 is 11.6 Å². The number of benzene rings is 2. The van der Waals surface area contributed by atoms with Crippen LogP contribution < -0.4 is 0 Å². The molecular formula is C15H10ClF5. The van der Waals surface area contributed by atoms with Gasteiger partial charge in [-0.15, -0.1) is 11.6 Å². The van der Waals surface area contributed by atoms with Crippen LogP contribution in [0.3, 0.4) is 0 Å². The van der Waals surface area contributed by atoms with E-state index in [4.69, 9.17) is 11.6 Å². The van der Waals surface area contributed by atoms with Gasteiger partial charge in [-0.05, 0) is 41.8 Å². The Morgan fingerprint density at radius 1 is 1.00 bits per heavy atom. The molecule has 0 bridgehead atoms. The molecule has 0 N–H and O–H groups in total. The van der Waals surface area contributed by atoms with Crippen LogP contribution in [0, 0.1) is 11.6 Å². The van der Waals surface area contributed by atoms with Crippen LogP contribution in [0.1, 0.15) is 22.1 Å². The Kier molecular flexibility index (Phi) is 4.52. The van der Waals surface area contributed by atoms with E-state index in [0.29, 0.717) is 11.6 Å². The monoisotopic (exact) mass is 320 g/mol. The molecule has 0 spiro atoms. The number of alkyl halides is 4. The van der Waals surface area contributed by atoms with Crippen molar-refractivity contribution in [2.24, 2.45) is 0 Å². The fraction of sp³-hybridized carbons (Fsp3) is 0.200. The van der Waals surface area contributed by atoms with Gasteiger partial charge in [0.1, 0.15) is 11.6 Å². The normalized spacial score (nSPS) is 13.2. The Balaban J connectivity index is 2.25. The van der Waals surface area contributed by atoms with Gasteiger partial charge in [-0.3, -0.25) is 0 Å². The highest BCUT2D eigenvalue weighted by Crippen LogP contribution is 2.35. The van der Waals surface area contributed by atoms with Gasteiger partial charge in [0.15, 0.2) is 0 Å². The van der Waals surface area contributed by atoms with Crippen molar-refractivity contribution in [1.29, 1.82) is 0 Å². The Labute approximate surface area is 123 Å². The molecule has 1 atom stereocenters. The van der Waals surface area contributed by atoms with Gasteiger partial charge in [0.2, 0.25) is 0 Å². The number of halogens is 6. The lowest BCUT2D eigenvalue weighted by atomic mass is 10.0. The lowest BCUT2D eigenvalue weighted by Crippen LogP contribution is -2.09. The van der Waals surface area contributed by atoms with Gasteiger partial charge in [0.25, 0.3) is 0 Å². The molecule has 112 valence electrons. The van der Waals surface area contributed by atoms with Crippen LogP contribution in [0.2, 0.25) is 0 Å². The molecule has 0 heterocycles. The van der Waals surface area contributed by atoms with E-state index in [0.717, 1.165) is 6.07 Å². The van der Waals surface area contributed by atoms with Crippen molar-refractivity contribution in [3.63, 3.8) is 0 Å². The average molecular weight is 321 g/mol. The molecule has 0 radical (unpaired) electrons. The van der Waals surface area contributed by atoms with E-state index in [-0.39, 0.29) is 12.0 Å². The molecule has 0 aromatic heterocycles. The van der Waals surface area contributed by atoms with Crippen LogP contribution in [0.25, 0.3) is 0 Å². The summed E-state index contributed by atoms with van der Waals surface area (Å²) in [5.41, 5.74) is -0.674. The summed E-state index contributed by atoms with van der Waals surface area (Å²) in [6.07, 6.45) is -4.64. The first-order valence-corrected chi connectivity index (χ1v) is 6.46. The van der Waals surface area contributed by atoms with E-state index < -0.39 is 28.8 Å². The maximum atomic E-state index is 13.2. The number of hydrogen-bond acceptors (Lipinski definition) is 0. The van der Waals surface area contributed by atoms with Gasteiger partial charge in [-0.1, -0.05) is 18.2 Å². The van der Waals surface area contributed by atoms with Gasteiger partial charge in [-0.2, -0.15) is 13.2 Å². The zero-order chi connectivity index (χ0) is 15.6. The largest absolute Gasteiger partial charge is 0.419 e. The molecule has 0 saturated carbocycles. The fourth-order valence-corrected chi connectivity index (χ4v) is 2.26. The minimum absolute atomic E-state index is 0.134. The second-order valence-electron chi connectivity index (χ2n) is 4.54. The SMILES string of the molecule is Fc1cccc(CC(Cl)c2ccc(F)c(C(F)(F)F)c2)c1. The molecule has 0 nitrogen and oxygen atoms in total. The minimum atomic E-state index is -4.78. The predicted molar refractivity (Wildman–Crippen MR) is 70.1 cm³/mol. The Morgan fingerprint density at radius 2 is 1.71 bits per heavy atom. The van der Waals surface area contributed by atoms with Gasteiger partial charge >= 0.3 is 6.18 Å². The van der Waals surface area contributed by atoms with Crippen molar-refractivity contribution in [3.05, 3.63) is 70.8 Å². The molecule has 2 aromatic rings. The zero-order valence-corrected chi connectivity index (χ0v) is 11.3. The molecule has 0 fully saturated rings. The molecule has 21 heavy (non-hydrogen) atoms. The summed E-state index contributed by atoms with van der Waals surface area (Å²) in [4.78, 5) is 0. The van der Waals surface area contributed by atoms with E-state index in [1.807, 2.05) is 0 Å². The summed E-state index contributed by atoms with van der Waals surface area (Å²) in [6, 6.07) is 8.23. The van der Waals surface area contributed by atoms with Gasteiger partial charge in [0.05, 0.1) is 10.9 Å². The second kappa shape index (κ2) is 6.02. The molecule has 0 aliphatic carbocycles. The summed E-state index contributed by atoms with van der Waals surface area (Å²) in [5, 5.41) is -0.812. The first kappa shape index (κ1) is 15.8. The quantitative estimate of drug-likeness (QED) is 0.517. The van der Waals surface area contributed by atoms with Crippen LogP contribution in [0.5, 0.6) is 0 Å². The van der Waals surface area contributed by atoms with E-state index in [1.54, 1.807) is 6.07 Å². The van der Waals surface area contributed by atoms with Crippen LogP contribution in [-0.4, -0.2) is 0 Å².